The van der Waals surface area contributed by atoms with E-state index in [0.29, 0.717) is 51.8 Å². The van der Waals surface area contributed by atoms with Crippen molar-refractivity contribution in [1.29, 1.82) is 0 Å². The van der Waals surface area contributed by atoms with Gasteiger partial charge in [0.05, 0.1) is 17.2 Å². The molecule has 4 rings (SSSR count). The number of aromatic hydroxyl groups is 1. The number of aromatic nitrogens is 1. The van der Waals surface area contributed by atoms with Crippen LogP contribution < -0.4 is 40.4 Å². The summed E-state index contributed by atoms with van der Waals surface area (Å²) in [4.78, 5) is 16.7. The van der Waals surface area contributed by atoms with E-state index >= 15 is 0 Å². The predicted molar refractivity (Wildman–Crippen MR) is 116 cm³/mol. The molecular formula is C25H20FN2NaO3. The van der Waals surface area contributed by atoms with Crippen LogP contribution in [0.5, 0.6) is 5.75 Å². The van der Waals surface area contributed by atoms with Gasteiger partial charge in [-0.1, -0.05) is 30.3 Å². The van der Waals surface area contributed by atoms with Crippen LogP contribution in [0.25, 0.3) is 33.3 Å². The quantitative estimate of drug-likeness (QED) is 0.445. The van der Waals surface area contributed by atoms with Gasteiger partial charge in [0.25, 0.3) is 0 Å². The van der Waals surface area contributed by atoms with Crippen molar-refractivity contribution in [2.75, 3.05) is 6.54 Å². The van der Waals surface area contributed by atoms with E-state index in [0.717, 1.165) is 11.6 Å². The first-order chi connectivity index (χ1) is 14.9. The Labute approximate surface area is 207 Å². The topological polar surface area (TPSA) is 99.3 Å². The smallest absolute Gasteiger partial charge is 0.545 e. The summed E-state index contributed by atoms with van der Waals surface area (Å²) < 4.78 is 14.2. The summed E-state index contributed by atoms with van der Waals surface area (Å²) in [6, 6.07) is 16.5. The molecule has 7 heteroatoms. The fourth-order valence-electron chi connectivity index (χ4n) is 3.82. The average Bonchev–Trinajstić information content (AvgIpc) is 2.73. The summed E-state index contributed by atoms with van der Waals surface area (Å²) in [6.07, 6.45) is 0.637. The molecule has 0 aliphatic heterocycles. The van der Waals surface area contributed by atoms with Crippen molar-refractivity contribution in [3.05, 3.63) is 83.2 Å². The number of hydrogen-bond donors (Lipinski definition) is 2. The van der Waals surface area contributed by atoms with Crippen LogP contribution in [0, 0.1) is 12.7 Å². The second-order valence-electron chi connectivity index (χ2n) is 7.38. The maximum Gasteiger partial charge on any atom is 1.00 e. The van der Waals surface area contributed by atoms with E-state index in [2.05, 4.69) is 0 Å². The largest absolute Gasteiger partial charge is 1.00 e. The number of nitrogens with two attached hydrogens (primary N) is 1. The molecule has 0 atom stereocenters. The fourth-order valence-corrected chi connectivity index (χ4v) is 3.82. The Balaban J connectivity index is 0.00000289. The number of carbonyl (C=O) groups is 1. The Morgan fingerprint density at radius 1 is 1.06 bits per heavy atom. The number of aromatic carboxylic acids is 1. The molecule has 5 nitrogen and oxygen atoms in total. The summed E-state index contributed by atoms with van der Waals surface area (Å²) in [5.41, 5.74) is 9.93. The Bertz CT molecular complexity index is 1310. The zero-order chi connectivity index (χ0) is 22.1. The van der Waals surface area contributed by atoms with E-state index in [-0.39, 0.29) is 40.9 Å². The number of phenols is 1. The Kier molecular flexibility index (Phi) is 7.31. The minimum absolute atomic E-state index is 0. The third-order valence-corrected chi connectivity index (χ3v) is 5.35. The fraction of sp³-hybridized carbons (Fsp3) is 0.120. The van der Waals surface area contributed by atoms with Crippen LogP contribution in [-0.4, -0.2) is 22.6 Å². The van der Waals surface area contributed by atoms with Gasteiger partial charge in [0.1, 0.15) is 11.6 Å². The summed E-state index contributed by atoms with van der Waals surface area (Å²) in [5.74, 6) is -1.93. The molecule has 0 saturated carbocycles. The summed E-state index contributed by atoms with van der Waals surface area (Å²) in [6.45, 7) is 2.17. The van der Waals surface area contributed by atoms with E-state index in [1.165, 1.54) is 12.1 Å². The second-order valence-corrected chi connectivity index (χ2v) is 7.38. The van der Waals surface area contributed by atoms with Gasteiger partial charge in [0.2, 0.25) is 0 Å². The molecule has 4 aromatic rings. The van der Waals surface area contributed by atoms with Gasteiger partial charge in [-0.05, 0) is 60.8 Å². The first kappa shape index (κ1) is 23.9. The molecule has 32 heavy (non-hydrogen) atoms. The van der Waals surface area contributed by atoms with Gasteiger partial charge in [0, 0.05) is 28.1 Å². The van der Waals surface area contributed by atoms with Crippen LogP contribution in [0.15, 0.2) is 60.7 Å². The van der Waals surface area contributed by atoms with Crippen molar-refractivity contribution in [1.82, 2.24) is 4.98 Å². The Morgan fingerprint density at radius 2 is 1.75 bits per heavy atom. The Morgan fingerprint density at radius 3 is 2.38 bits per heavy atom. The molecule has 3 aromatic carbocycles. The molecule has 0 amide bonds. The average molecular weight is 438 g/mol. The van der Waals surface area contributed by atoms with Crippen LogP contribution in [-0.2, 0) is 6.42 Å². The number of carbonyl (C=O) groups excluding carboxylic acids is 1. The SMILES string of the molecule is Cc1c(-c2ccc(-c3ccc(O)cc3F)cc2)nc2ccc(CCN)cc2c1C(=O)[O-].[Na+]. The van der Waals surface area contributed by atoms with Crippen LogP contribution in [0.3, 0.4) is 0 Å². The van der Waals surface area contributed by atoms with Gasteiger partial charge in [-0.2, -0.15) is 0 Å². The molecule has 3 N–H and O–H groups in total. The molecule has 0 fully saturated rings. The standard InChI is InChI=1S/C25H21FN2O3.Na/c1-14-23(25(30)31)20-12-15(10-11-27)2-9-22(20)28-24(14)17-5-3-16(4-6-17)19-8-7-18(29)13-21(19)26;/h2-9,12-13,29H,10-11,27H2,1H3,(H,30,31);/q;+1/p-1. The van der Waals surface area contributed by atoms with Crippen molar-refractivity contribution < 1.29 is 49.0 Å². The van der Waals surface area contributed by atoms with Crippen LogP contribution in [0.4, 0.5) is 4.39 Å². The van der Waals surface area contributed by atoms with Crippen molar-refractivity contribution >= 4 is 16.9 Å². The van der Waals surface area contributed by atoms with Gasteiger partial charge in [-0.3, -0.25) is 0 Å². The van der Waals surface area contributed by atoms with Crippen molar-refractivity contribution in [2.24, 2.45) is 5.73 Å². The van der Waals surface area contributed by atoms with Gasteiger partial charge in [0.15, 0.2) is 0 Å². The molecule has 156 valence electrons. The van der Waals surface area contributed by atoms with Gasteiger partial charge in [-0.25, -0.2) is 9.37 Å². The first-order valence-electron chi connectivity index (χ1n) is 9.83. The number of fused-ring (bicyclic) bond motifs is 1. The monoisotopic (exact) mass is 438 g/mol. The number of halogens is 1. The van der Waals surface area contributed by atoms with Crippen molar-refractivity contribution in [3.63, 3.8) is 0 Å². The van der Waals surface area contributed by atoms with E-state index in [9.17, 15) is 19.4 Å². The molecular weight excluding hydrogens is 418 g/mol. The summed E-state index contributed by atoms with van der Waals surface area (Å²) in [5, 5.41) is 21.9. The molecule has 0 aliphatic carbocycles. The van der Waals surface area contributed by atoms with Crippen molar-refractivity contribution in [3.8, 4) is 28.1 Å². The van der Waals surface area contributed by atoms with Gasteiger partial charge in [-0.15, -0.1) is 0 Å². The number of hydrogen-bond acceptors (Lipinski definition) is 5. The summed E-state index contributed by atoms with van der Waals surface area (Å²) >= 11 is 0. The van der Waals surface area contributed by atoms with Gasteiger partial charge >= 0.3 is 29.6 Å². The normalized spacial score (nSPS) is 10.7. The number of rotatable bonds is 5. The third kappa shape index (κ3) is 4.54. The second kappa shape index (κ2) is 9.79. The predicted octanol–water partition coefficient (Wildman–Crippen LogP) is 0.591. The number of carboxylic acids is 1. The molecule has 0 unspecified atom stereocenters. The molecule has 0 aliphatic rings. The first-order valence-corrected chi connectivity index (χ1v) is 9.83. The zero-order valence-electron chi connectivity index (χ0n) is 17.9. The molecule has 0 spiro atoms. The molecule has 0 saturated heterocycles. The molecule has 1 aromatic heterocycles. The number of phenolic OH excluding ortho intramolecular Hbond substituents is 1. The number of pyridine rings is 1. The summed E-state index contributed by atoms with van der Waals surface area (Å²) in [7, 11) is 0. The van der Waals surface area contributed by atoms with E-state index < -0.39 is 11.8 Å². The van der Waals surface area contributed by atoms with E-state index in [1.54, 1.807) is 43.3 Å². The van der Waals surface area contributed by atoms with E-state index in [4.69, 9.17) is 10.7 Å². The number of carboxylic acid groups (broad SMARTS) is 1. The minimum Gasteiger partial charge on any atom is -0.545 e. The van der Waals surface area contributed by atoms with Crippen LogP contribution >= 0.6 is 0 Å². The molecule has 0 bridgehead atoms. The minimum atomic E-state index is -1.26. The zero-order valence-corrected chi connectivity index (χ0v) is 19.9. The maximum absolute atomic E-state index is 14.2. The third-order valence-electron chi connectivity index (χ3n) is 5.35. The van der Waals surface area contributed by atoms with E-state index in [1.807, 2.05) is 6.07 Å². The van der Waals surface area contributed by atoms with Crippen LogP contribution in [0.2, 0.25) is 0 Å². The van der Waals surface area contributed by atoms with Crippen molar-refractivity contribution in [2.45, 2.75) is 13.3 Å². The molecule has 0 radical (unpaired) electrons. The molecule has 1 heterocycles. The van der Waals surface area contributed by atoms with Crippen LogP contribution in [0.1, 0.15) is 21.5 Å². The maximum atomic E-state index is 14.2. The number of benzene rings is 3. The number of nitrogens with zero attached hydrogens (tertiary/aromatic N) is 1. The Hall–Kier alpha value is -2.77. The van der Waals surface area contributed by atoms with Gasteiger partial charge < -0.3 is 20.7 Å².